The Hall–Kier alpha value is -2.69. The lowest BCUT2D eigenvalue weighted by molar-refractivity contribution is 0.0950. The molecule has 5 nitrogen and oxygen atoms in total. The van der Waals surface area contributed by atoms with E-state index >= 15 is 0 Å². The van der Waals surface area contributed by atoms with E-state index in [1.807, 2.05) is 0 Å². The summed E-state index contributed by atoms with van der Waals surface area (Å²) in [6.07, 6.45) is 3.86. The fourth-order valence-electron chi connectivity index (χ4n) is 3.20. The Balaban J connectivity index is 1.60. The fraction of sp³-hybridized carbons (Fsp3) is 0.381. The number of benzene rings is 2. The smallest absolute Gasteiger partial charge is 0.251 e. The van der Waals surface area contributed by atoms with Crippen LogP contribution < -0.4 is 19.7 Å². The van der Waals surface area contributed by atoms with Crippen LogP contribution in [0.1, 0.15) is 35.2 Å². The third-order valence-corrected chi connectivity index (χ3v) is 4.72. The zero-order valence-electron chi connectivity index (χ0n) is 15.5. The molecule has 1 aliphatic rings. The SMILES string of the molecule is COc1cc(OC)cc(C(=O)NCc2ccc(N3CCCCC3)cc2)c1. The van der Waals surface area contributed by atoms with Crippen molar-refractivity contribution in [3.05, 3.63) is 53.6 Å². The predicted octanol–water partition coefficient (Wildman–Crippen LogP) is 3.62. The van der Waals surface area contributed by atoms with Gasteiger partial charge in [-0.2, -0.15) is 0 Å². The monoisotopic (exact) mass is 354 g/mol. The molecule has 26 heavy (non-hydrogen) atoms. The summed E-state index contributed by atoms with van der Waals surface area (Å²) in [5.74, 6) is 1.04. The van der Waals surface area contributed by atoms with Gasteiger partial charge in [0.2, 0.25) is 0 Å². The van der Waals surface area contributed by atoms with Gasteiger partial charge in [-0.15, -0.1) is 0 Å². The standard InChI is InChI=1S/C21H26N2O3/c1-25-19-12-17(13-20(14-19)26-2)21(24)22-15-16-6-8-18(9-7-16)23-10-4-3-5-11-23/h6-9,12-14H,3-5,10-11,15H2,1-2H3,(H,22,24). The Bertz CT molecular complexity index is 715. The largest absolute Gasteiger partial charge is 0.497 e. The zero-order chi connectivity index (χ0) is 18.4. The van der Waals surface area contributed by atoms with Gasteiger partial charge in [-0.3, -0.25) is 4.79 Å². The maximum atomic E-state index is 12.4. The van der Waals surface area contributed by atoms with Crippen LogP contribution in [0.5, 0.6) is 11.5 Å². The van der Waals surface area contributed by atoms with Gasteiger partial charge in [0, 0.05) is 37.0 Å². The van der Waals surface area contributed by atoms with Crippen molar-refractivity contribution >= 4 is 11.6 Å². The lowest BCUT2D eigenvalue weighted by Gasteiger charge is -2.28. The van der Waals surface area contributed by atoms with Crippen LogP contribution in [0.15, 0.2) is 42.5 Å². The van der Waals surface area contributed by atoms with E-state index in [-0.39, 0.29) is 5.91 Å². The second kappa shape index (κ2) is 8.61. The van der Waals surface area contributed by atoms with Crippen molar-refractivity contribution in [3.8, 4) is 11.5 Å². The number of carbonyl (C=O) groups is 1. The number of rotatable bonds is 6. The van der Waals surface area contributed by atoms with Crippen LogP contribution >= 0.6 is 0 Å². The number of piperidine rings is 1. The molecule has 3 rings (SSSR count). The summed E-state index contributed by atoms with van der Waals surface area (Å²) in [6, 6.07) is 13.6. The van der Waals surface area contributed by atoms with Crippen molar-refractivity contribution < 1.29 is 14.3 Å². The maximum absolute atomic E-state index is 12.4. The van der Waals surface area contributed by atoms with Gasteiger partial charge in [0.1, 0.15) is 11.5 Å². The Morgan fingerprint density at radius 3 is 2.15 bits per heavy atom. The van der Waals surface area contributed by atoms with E-state index < -0.39 is 0 Å². The van der Waals surface area contributed by atoms with Crippen molar-refractivity contribution in [1.29, 1.82) is 0 Å². The molecule has 5 heteroatoms. The van der Waals surface area contributed by atoms with Crippen LogP contribution in [0, 0.1) is 0 Å². The molecule has 1 fully saturated rings. The second-order valence-corrected chi connectivity index (χ2v) is 6.50. The van der Waals surface area contributed by atoms with Gasteiger partial charge in [-0.25, -0.2) is 0 Å². The first-order chi connectivity index (χ1) is 12.7. The van der Waals surface area contributed by atoms with Gasteiger partial charge >= 0.3 is 0 Å². The minimum Gasteiger partial charge on any atom is -0.497 e. The molecule has 1 heterocycles. The molecule has 1 aliphatic heterocycles. The van der Waals surface area contributed by atoms with Crippen LogP contribution in [-0.2, 0) is 6.54 Å². The number of hydrogen-bond donors (Lipinski definition) is 1. The number of methoxy groups -OCH3 is 2. The molecule has 0 saturated carbocycles. The van der Waals surface area contributed by atoms with Crippen molar-refractivity contribution in [3.63, 3.8) is 0 Å². The molecule has 0 aliphatic carbocycles. The molecule has 0 aromatic heterocycles. The summed E-state index contributed by atoms with van der Waals surface area (Å²) >= 11 is 0. The number of amides is 1. The summed E-state index contributed by atoms with van der Waals surface area (Å²) in [4.78, 5) is 14.9. The van der Waals surface area contributed by atoms with Crippen LogP contribution in [0.25, 0.3) is 0 Å². The normalized spacial score (nSPS) is 14.0. The Kier molecular flexibility index (Phi) is 6.00. The minimum atomic E-state index is -0.151. The number of anilines is 1. The summed E-state index contributed by atoms with van der Waals surface area (Å²) in [7, 11) is 3.14. The van der Waals surface area contributed by atoms with Gasteiger partial charge in [0.25, 0.3) is 5.91 Å². The van der Waals surface area contributed by atoms with E-state index in [0.29, 0.717) is 23.6 Å². The zero-order valence-corrected chi connectivity index (χ0v) is 15.5. The average Bonchev–Trinajstić information content (AvgIpc) is 2.72. The third kappa shape index (κ3) is 4.48. The summed E-state index contributed by atoms with van der Waals surface area (Å²) in [6.45, 7) is 2.75. The van der Waals surface area contributed by atoms with Crippen LogP contribution in [0.2, 0.25) is 0 Å². The van der Waals surface area contributed by atoms with Crippen LogP contribution in [0.4, 0.5) is 5.69 Å². The van der Waals surface area contributed by atoms with Crippen LogP contribution in [-0.4, -0.2) is 33.2 Å². The van der Waals surface area contributed by atoms with Gasteiger partial charge in [0.15, 0.2) is 0 Å². The number of ether oxygens (including phenoxy) is 2. The number of nitrogens with zero attached hydrogens (tertiary/aromatic N) is 1. The van der Waals surface area contributed by atoms with E-state index in [2.05, 4.69) is 34.5 Å². The highest BCUT2D eigenvalue weighted by molar-refractivity contribution is 5.95. The first-order valence-corrected chi connectivity index (χ1v) is 9.05. The summed E-state index contributed by atoms with van der Waals surface area (Å²) in [5.41, 5.74) is 2.86. The first-order valence-electron chi connectivity index (χ1n) is 9.05. The third-order valence-electron chi connectivity index (χ3n) is 4.72. The fourth-order valence-corrected chi connectivity index (χ4v) is 3.20. The van der Waals surface area contributed by atoms with Gasteiger partial charge < -0.3 is 19.7 Å². The maximum Gasteiger partial charge on any atom is 0.251 e. The molecule has 0 bridgehead atoms. The molecule has 138 valence electrons. The van der Waals surface area contributed by atoms with E-state index in [1.165, 1.54) is 24.9 Å². The molecule has 2 aromatic carbocycles. The number of nitrogens with one attached hydrogen (secondary N) is 1. The van der Waals surface area contributed by atoms with E-state index in [0.717, 1.165) is 18.7 Å². The first kappa shape index (κ1) is 18.1. The molecular formula is C21H26N2O3. The Morgan fingerprint density at radius 1 is 0.962 bits per heavy atom. The summed E-state index contributed by atoms with van der Waals surface area (Å²) < 4.78 is 10.4. The van der Waals surface area contributed by atoms with Crippen LogP contribution in [0.3, 0.4) is 0 Å². The lowest BCUT2D eigenvalue weighted by Crippen LogP contribution is -2.29. The Labute approximate surface area is 154 Å². The molecule has 2 aromatic rings. The molecule has 0 unspecified atom stereocenters. The van der Waals surface area contributed by atoms with Gasteiger partial charge in [-0.05, 0) is 49.1 Å². The molecule has 1 N–H and O–H groups in total. The van der Waals surface area contributed by atoms with Gasteiger partial charge in [0.05, 0.1) is 14.2 Å². The minimum absolute atomic E-state index is 0.151. The molecule has 0 spiro atoms. The molecule has 1 amide bonds. The van der Waals surface area contributed by atoms with E-state index in [4.69, 9.17) is 9.47 Å². The highest BCUT2D eigenvalue weighted by Crippen LogP contribution is 2.23. The predicted molar refractivity (Wildman–Crippen MR) is 103 cm³/mol. The quantitative estimate of drug-likeness (QED) is 0.861. The van der Waals surface area contributed by atoms with Crippen molar-refractivity contribution in [1.82, 2.24) is 5.32 Å². The van der Waals surface area contributed by atoms with Crippen molar-refractivity contribution in [2.45, 2.75) is 25.8 Å². The van der Waals surface area contributed by atoms with Crippen molar-refractivity contribution in [2.75, 3.05) is 32.2 Å². The molecular weight excluding hydrogens is 328 g/mol. The number of hydrogen-bond acceptors (Lipinski definition) is 4. The topological polar surface area (TPSA) is 50.8 Å². The lowest BCUT2D eigenvalue weighted by atomic mass is 10.1. The highest BCUT2D eigenvalue weighted by Gasteiger charge is 2.12. The molecule has 0 radical (unpaired) electrons. The van der Waals surface area contributed by atoms with Crippen molar-refractivity contribution in [2.24, 2.45) is 0 Å². The van der Waals surface area contributed by atoms with E-state index in [9.17, 15) is 4.79 Å². The summed E-state index contributed by atoms with van der Waals surface area (Å²) in [5, 5.41) is 2.95. The average molecular weight is 354 g/mol. The number of carbonyl (C=O) groups excluding carboxylic acids is 1. The molecule has 0 atom stereocenters. The highest BCUT2D eigenvalue weighted by atomic mass is 16.5. The Morgan fingerprint density at radius 2 is 1.58 bits per heavy atom. The second-order valence-electron chi connectivity index (χ2n) is 6.50. The van der Waals surface area contributed by atoms with E-state index in [1.54, 1.807) is 32.4 Å². The molecule has 1 saturated heterocycles. The van der Waals surface area contributed by atoms with Gasteiger partial charge in [-0.1, -0.05) is 12.1 Å².